The Labute approximate surface area is 208 Å². The van der Waals surface area contributed by atoms with E-state index in [9.17, 15) is 18.0 Å². The maximum Gasteiger partial charge on any atom is 0.416 e. The molecule has 4 rings (SSSR count). The summed E-state index contributed by atoms with van der Waals surface area (Å²) in [6.45, 7) is 1.65. The number of halogens is 3. The van der Waals surface area contributed by atoms with Gasteiger partial charge in [-0.05, 0) is 55.5 Å². The third kappa shape index (κ3) is 6.23. The number of para-hydroxylation sites is 1. The van der Waals surface area contributed by atoms with Gasteiger partial charge in [-0.1, -0.05) is 36.4 Å². The zero-order chi connectivity index (χ0) is 25.0. The molecular weight excluding hydrogens is 495 g/mol. The van der Waals surface area contributed by atoms with Crippen LogP contribution < -0.4 is 15.4 Å². The van der Waals surface area contributed by atoms with Crippen LogP contribution in [-0.2, 0) is 6.18 Å². The highest BCUT2D eigenvalue weighted by Crippen LogP contribution is 2.33. The zero-order valence-electron chi connectivity index (χ0n) is 18.2. The van der Waals surface area contributed by atoms with Crippen molar-refractivity contribution in [3.8, 4) is 22.1 Å². The average Bonchev–Trinajstić information content (AvgIpc) is 3.21. The summed E-state index contributed by atoms with van der Waals surface area (Å²) in [6, 6.07) is 21.0. The summed E-state index contributed by atoms with van der Waals surface area (Å²) in [7, 11) is 0. The highest BCUT2D eigenvalue weighted by Gasteiger charge is 2.30. The summed E-state index contributed by atoms with van der Waals surface area (Å²) in [5.74, 6) is 0.812. The molecule has 0 fully saturated rings. The number of hydrogen-bond donors (Lipinski definition) is 2. The van der Waals surface area contributed by atoms with Gasteiger partial charge in [-0.15, -0.1) is 11.3 Å². The number of aryl methyl sites for hydroxylation is 1. The number of rotatable bonds is 5. The van der Waals surface area contributed by atoms with Crippen LogP contribution in [-0.4, -0.2) is 16.0 Å². The van der Waals surface area contributed by atoms with E-state index in [2.05, 4.69) is 15.6 Å². The molecule has 0 aliphatic rings. The number of nitrogens with zero attached hydrogens (tertiary/aromatic N) is 1. The Hall–Kier alpha value is -3.76. The molecule has 1 amide bonds. The topological polar surface area (TPSA) is 63.2 Å². The fourth-order valence-corrected chi connectivity index (χ4v) is 4.29. The number of aromatic nitrogens is 1. The largest absolute Gasteiger partial charge is 0.457 e. The molecular formula is C25H18F3N3O2S2. The summed E-state index contributed by atoms with van der Waals surface area (Å²) >= 11 is 6.35. The average molecular weight is 514 g/mol. The van der Waals surface area contributed by atoms with Gasteiger partial charge in [0.15, 0.2) is 5.11 Å². The van der Waals surface area contributed by atoms with E-state index < -0.39 is 17.6 Å². The minimum atomic E-state index is -4.42. The Balaban J connectivity index is 1.41. The molecule has 4 aromatic rings. The van der Waals surface area contributed by atoms with Crippen molar-refractivity contribution in [1.29, 1.82) is 0 Å². The third-order valence-corrected chi connectivity index (χ3v) is 6.17. The van der Waals surface area contributed by atoms with Gasteiger partial charge in [0.25, 0.3) is 5.91 Å². The van der Waals surface area contributed by atoms with Crippen LogP contribution in [0.15, 0.2) is 78.9 Å². The number of carbonyl (C=O) groups is 1. The lowest BCUT2D eigenvalue weighted by atomic mass is 10.1. The molecule has 0 unspecified atom stereocenters. The van der Waals surface area contributed by atoms with E-state index >= 15 is 0 Å². The molecule has 35 heavy (non-hydrogen) atoms. The Bertz CT molecular complexity index is 1350. The first-order chi connectivity index (χ1) is 16.7. The van der Waals surface area contributed by atoms with Gasteiger partial charge in [-0.3, -0.25) is 10.1 Å². The molecule has 0 saturated heterocycles. The normalized spacial score (nSPS) is 11.1. The van der Waals surface area contributed by atoms with E-state index in [1.54, 1.807) is 31.2 Å². The number of benzene rings is 3. The van der Waals surface area contributed by atoms with E-state index in [-0.39, 0.29) is 5.11 Å². The number of alkyl halides is 3. The predicted molar refractivity (Wildman–Crippen MR) is 134 cm³/mol. The van der Waals surface area contributed by atoms with Crippen LogP contribution in [0.2, 0.25) is 0 Å². The Kier molecular flexibility index (Phi) is 7.13. The number of anilines is 1. The number of nitrogens with one attached hydrogen (secondary N) is 2. The molecule has 2 N–H and O–H groups in total. The SMILES string of the molecule is Cc1nc(-c2ccc(C(F)(F)F)cc2)sc1C(=O)NC(=S)Nc1cccc(Oc2ccccc2)c1. The van der Waals surface area contributed by atoms with Crippen molar-refractivity contribution in [3.05, 3.63) is 95.0 Å². The summed E-state index contributed by atoms with van der Waals surface area (Å²) in [6.07, 6.45) is -4.42. The second-order valence-electron chi connectivity index (χ2n) is 7.36. The molecule has 0 spiro atoms. The second-order valence-corrected chi connectivity index (χ2v) is 8.77. The fraction of sp³-hybridized carbons (Fsp3) is 0.0800. The first kappa shape index (κ1) is 24.4. The van der Waals surface area contributed by atoms with E-state index in [1.165, 1.54) is 12.1 Å². The standard InChI is InChI=1S/C25H18F3N3O2S2/c1-15-21(35-23(29-15)16-10-12-17(13-11-16)25(26,27)28)22(32)31-24(34)30-18-6-5-9-20(14-18)33-19-7-3-2-4-8-19/h2-14H,1H3,(H2,30,31,32,34). The lowest BCUT2D eigenvalue weighted by Crippen LogP contribution is -2.34. The number of amides is 1. The van der Waals surface area contributed by atoms with Crippen LogP contribution >= 0.6 is 23.6 Å². The van der Waals surface area contributed by atoms with Crippen molar-refractivity contribution < 1.29 is 22.7 Å². The van der Waals surface area contributed by atoms with E-state index in [4.69, 9.17) is 17.0 Å². The molecule has 0 bridgehead atoms. The quantitative estimate of drug-likeness (QED) is 0.280. The van der Waals surface area contributed by atoms with Gasteiger partial charge in [0, 0.05) is 17.3 Å². The molecule has 3 aromatic carbocycles. The van der Waals surface area contributed by atoms with Gasteiger partial charge >= 0.3 is 6.18 Å². The maximum absolute atomic E-state index is 12.8. The van der Waals surface area contributed by atoms with Gasteiger partial charge in [-0.25, -0.2) is 4.98 Å². The minimum Gasteiger partial charge on any atom is -0.457 e. The fourth-order valence-electron chi connectivity index (χ4n) is 3.12. The van der Waals surface area contributed by atoms with Crippen molar-refractivity contribution in [2.45, 2.75) is 13.1 Å². The molecule has 0 aliphatic heterocycles. The summed E-state index contributed by atoms with van der Waals surface area (Å²) < 4.78 is 44.2. The molecule has 5 nitrogen and oxygen atoms in total. The molecule has 1 aromatic heterocycles. The Morgan fingerprint density at radius 1 is 0.971 bits per heavy atom. The zero-order valence-corrected chi connectivity index (χ0v) is 19.9. The molecule has 0 radical (unpaired) electrons. The molecule has 178 valence electrons. The maximum atomic E-state index is 12.8. The van der Waals surface area contributed by atoms with Gasteiger partial charge in [0.1, 0.15) is 21.4 Å². The van der Waals surface area contributed by atoms with Crippen molar-refractivity contribution in [1.82, 2.24) is 10.3 Å². The molecule has 0 atom stereocenters. The molecule has 0 aliphatic carbocycles. The van der Waals surface area contributed by atoms with Crippen molar-refractivity contribution in [2.75, 3.05) is 5.32 Å². The van der Waals surface area contributed by atoms with E-state index in [0.29, 0.717) is 38.3 Å². The summed E-state index contributed by atoms with van der Waals surface area (Å²) in [5, 5.41) is 6.07. The number of hydrogen-bond acceptors (Lipinski definition) is 5. The van der Waals surface area contributed by atoms with Crippen molar-refractivity contribution in [3.63, 3.8) is 0 Å². The first-order valence-corrected chi connectivity index (χ1v) is 11.5. The summed E-state index contributed by atoms with van der Waals surface area (Å²) in [5.41, 5.74) is 0.807. The lowest BCUT2D eigenvalue weighted by molar-refractivity contribution is -0.137. The molecule has 1 heterocycles. The minimum absolute atomic E-state index is 0.0794. The molecule has 10 heteroatoms. The predicted octanol–water partition coefficient (Wildman–Crippen LogP) is 7.06. The smallest absolute Gasteiger partial charge is 0.416 e. The van der Waals surface area contributed by atoms with E-state index in [1.807, 2.05) is 30.3 Å². The number of ether oxygens (including phenoxy) is 1. The van der Waals surface area contributed by atoms with Gasteiger partial charge < -0.3 is 10.1 Å². The first-order valence-electron chi connectivity index (χ1n) is 10.3. The highest BCUT2D eigenvalue weighted by molar-refractivity contribution is 7.80. The lowest BCUT2D eigenvalue weighted by Gasteiger charge is -2.11. The van der Waals surface area contributed by atoms with Gasteiger partial charge in [-0.2, -0.15) is 13.2 Å². The number of carbonyl (C=O) groups excluding carboxylic acids is 1. The summed E-state index contributed by atoms with van der Waals surface area (Å²) in [4.78, 5) is 17.4. The van der Waals surface area contributed by atoms with Crippen LogP contribution in [0.1, 0.15) is 20.9 Å². The molecule has 0 saturated carbocycles. The van der Waals surface area contributed by atoms with Crippen LogP contribution in [0.4, 0.5) is 18.9 Å². The van der Waals surface area contributed by atoms with Crippen molar-refractivity contribution >= 4 is 40.3 Å². The number of thiazole rings is 1. The van der Waals surface area contributed by atoms with Crippen LogP contribution in [0.5, 0.6) is 11.5 Å². The number of thiocarbonyl (C=S) groups is 1. The van der Waals surface area contributed by atoms with Crippen LogP contribution in [0.25, 0.3) is 10.6 Å². The van der Waals surface area contributed by atoms with Crippen molar-refractivity contribution in [2.24, 2.45) is 0 Å². The second kappa shape index (κ2) is 10.2. The Morgan fingerprint density at radius 2 is 1.66 bits per heavy atom. The van der Waals surface area contributed by atoms with Gasteiger partial charge in [0.05, 0.1) is 11.3 Å². The van der Waals surface area contributed by atoms with Crippen LogP contribution in [0.3, 0.4) is 0 Å². The Morgan fingerprint density at radius 3 is 2.34 bits per heavy atom. The van der Waals surface area contributed by atoms with Crippen LogP contribution in [0, 0.1) is 6.92 Å². The van der Waals surface area contributed by atoms with Gasteiger partial charge in [0.2, 0.25) is 0 Å². The highest BCUT2D eigenvalue weighted by atomic mass is 32.1. The van der Waals surface area contributed by atoms with E-state index in [0.717, 1.165) is 23.5 Å². The monoisotopic (exact) mass is 513 g/mol. The third-order valence-electron chi connectivity index (χ3n) is 4.76.